The Morgan fingerprint density at radius 2 is 1.95 bits per heavy atom. The molecule has 1 aliphatic rings. The van der Waals surface area contributed by atoms with Crippen molar-refractivity contribution in [3.63, 3.8) is 0 Å². The van der Waals surface area contributed by atoms with Crippen LogP contribution in [0.25, 0.3) is 0 Å². The van der Waals surface area contributed by atoms with Gasteiger partial charge in [-0.15, -0.1) is 0 Å². The van der Waals surface area contributed by atoms with E-state index in [4.69, 9.17) is 11.6 Å². The molecule has 114 valence electrons. The Balaban J connectivity index is 1.73. The summed E-state index contributed by atoms with van der Waals surface area (Å²) < 4.78 is 13.5. The van der Waals surface area contributed by atoms with Gasteiger partial charge in [-0.1, -0.05) is 11.6 Å². The highest BCUT2D eigenvalue weighted by atomic mass is 35.5. The Kier molecular flexibility index (Phi) is 5.38. The van der Waals surface area contributed by atoms with Gasteiger partial charge < -0.3 is 15.5 Å². The van der Waals surface area contributed by atoms with Crippen LogP contribution in [0.1, 0.15) is 12.8 Å². The van der Waals surface area contributed by atoms with Crippen LogP contribution in [0.15, 0.2) is 18.2 Å². The number of amides is 2. The molecule has 0 atom stereocenters. The Bertz CT molecular complexity index is 533. The van der Waals surface area contributed by atoms with Gasteiger partial charge in [0.1, 0.15) is 5.82 Å². The number of carbonyl (C=O) groups excluding carboxylic acids is 2. The summed E-state index contributed by atoms with van der Waals surface area (Å²) in [5, 5.41) is 5.47. The summed E-state index contributed by atoms with van der Waals surface area (Å²) in [6.07, 6.45) is 2.02. The molecule has 2 amide bonds. The van der Waals surface area contributed by atoms with Crippen LogP contribution >= 0.6 is 11.6 Å². The van der Waals surface area contributed by atoms with Crippen LogP contribution < -0.4 is 10.6 Å². The number of benzene rings is 1. The summed E-state index contributed by atoms with van der Waals surface area (Å²) >= 11 is 5.64. The van der Waals surface area contributed by atoms with E-state index in [2.05, 4.69) is 10.6 Å². The minimum Gasteiger partial charge on any atom is -0.374 e. The van der Waals surface area contributed by atoms with Crippen LogP contribution in [0.2, 0.25) is 5.02 Å². The minimum absolute atomic E-state index is 0.0242. The molecule has 0 aliphatic carbocycles. The molecule has 21 heavy (non-hydrogen) atoms. The molecule has 1 heterocycles. The first-order valence-corrected chi connectivity index (χ1v) is 7.17. The predicted molar refractivity (Wildman–Crippen MR) is 78.7 cm³/mol. The van der Waals surface area contributed by atoms with Gasteiger partial charge in [0.05, 0.1) is 18.8 Å². The predicted octanol–water partition coefficient (Wildman–Crippen LogP) is 1.63. The summed E-state index contributed by atoms with van der Waals surface area (Å²) in [5.41, 5.74) is 0.195. The number of nitrogens with one attached hydrogen (secondary N) is 2. The highest BCUT2D eigenvalue weighted by Gasteiger charge is 2.18. The maximum atomic E-state index is 13.5. The number of hydrogen-bond donors (Lipinski definition) is 2. The average Bonchev–Trinajstić information content (AvgIpc) is 2.98. The molecule has 1 aromatic carbocycles. The van der Waals surface area contributed by atoms with Crippen molar-refractivity contribution in [3.8, 4) is 0 Å². The third-order valence-corrected chi connectivity index (χ3v) is 3.50. The zero-order valence-electron chi connectivity index (χ0n) is 11.5. The van der Waals surface area contributed by atoms with Gasteiger partial charge >= 0.3 is 0 Å². The van der Waals surface area contributed by atoms with Crippen molar-refractivity contribution in [1.29, 1.82) is 0 Å². The lowest BCUT2D eigenvalue weighted by molar-refractivity contribution is -0.131. The van der Waals surface area contributed by atoms with Gasteiger partial charge in [-0.05, 0) is 31.0 Å². The Hall–Kier alpha value is -1.82. The molecule has 7 heteroatoms. The van der Waals surface area contributed by atoms with E-state index in [0.717, 1.165) is 25.9 Å². The molecule has 0 aromatic heterocycles. The number of likely N-dealkylation sites (tertiary alicyclic amines) is 1. The molecule has 0 bridgehead atoms. The van der Waals surface area contributed by atoms with Crippen LogP contribution in [0.5, 0.6) is 0 Å². The Morgan fingerprint density at radius 1 is 1.24 bits per heavy atom. The lowest BCUT2D eigenvalue weighted by Crippen LogP contribution is -2.40. The third kappa shape index (κ3) is 4.60. The van der Waals surface area contributed by atoms with E-state index < -0.39 is 5.82 Å². The van der Waals surface area contributed by atoms with Gasteiger partial charge in [-0.25, -0.2) is 4.39 Å². The summed E-state index contributed by atoms with van der Waals surface area (Å²) in [5.74, 6) is -0.973. The fraction of sp³-hybridized carbons (Fsp3) is 0.429. The molecule has 2 N–H and O–H groups in total. The lowest BCUT2D eigenvalue weighted by Gasteiger charge is -2.15. The van der Waals surface area contributed by atoms with Crippen molar-refractivity contribution in [3.05, 3.63) is 29.0 Å². The highest BCUT2D eigenvalue weighted by molar-refractivity contribution is 6.30. The molecule has 0 saturated carbocycles. The van der Waals surface area contributed by atoms with E-state index >= 15 is 0 Å². The molecule has 1 aliphatic heterocycles. The van der Waals surface area contributed by atoms with E-state index in [1.54, 1.807) is 4.90 Å². The van der Waals surface area contributed by atoms with Crippen molar-refractivity contribution in [2.24, 2.45) is 0 Å². The van der Waals surface area contributed by atoms with E-state index in [-0.39, 0.29) is 30.6 Å². The molecule has 1 aromatic rings. The van der Waals surface area contributed by atoms with Gasteiger partial charge in [0.15, 0.2) is 0 Å². The summed E-state index contributed by atoms with van der Waals surface area (Å²) in [7, 11) is 0. The molecule has 1 saturated heterocycles. The van der Waals surface area contributed by atoms with Crippen LogP contribution in [-0.2, 0) is 9.59 Å². The Labute approximate surface area is 127 Å². The van der Waals surface area contributed by atoms with Gasteiger partial charge in [0, 0.05) is 18.1 Å². The number of halogens is 2. The van der Waals surface area contributed by atoms with E-state index in [9.17, 15) is 14.0 Å². The van der Waals surface area contributed by atoms with Gasteiger partial charge in [-0.3, -0.25) is 9.59 Å². The van der Waals surface area contributed by atoms with Crippen molar-refractivity contribution in [2.45, 2.75) is 12.8 Å². The zero-order valence-corrected chi connectivity index (χ0v) is 12.3. The number of hydrogen-bond acceptors (Lipinski definition) is 3. The maximum Gasteiger partial charge on any atom is 0.241 e. The molecule has 5 nitrogen and oxygen atoms in total. The van der Waals surface area contributed by atoms with E-state index in [1.807, 2.05) is 0 Å². The minimum atomic E-state index is -0.525. The number of carbonyl (C=O) groups is 2. The molecular formula is C14H17ClFN3O2. The number of nitrogens with zero attached hydrogens (tertiary/aromatic N) is 1. The third-order valence-electron chi connectivity index (χ3n) is 3.27. The second-order valence-corrected chi connectivity index (χ2v) is 5.28. The first-order chi connectivity index (χ1) is 10.1. The standard InChI is InChI=1S/C14H17ClFN3O2/c15-10-3-4-12(11(16)7-10)17-8-13(20)18-9-14(21)19-5-1-2-6-19/h3-4,7,17H,1-2,5-6,8-9H2,(H,18,20). The topological polar surface area (TPSA) is 61.4 Å². The van der Waals surface area contributed by atoms with Crippen LogP contribution in [0.3, 0.4) is 0 Å². The van der Waals surface area contributed by atoms with E-state index in [0.29, 0.717) is 5.02 Å². The number of anilines is 1. The fourth-order valence-corrected chi connectivity index (χ4v) is 2.28. The second kappa shape index (κ2) is 7.26. The first kappa shape index (κ1) is 15.6. The van der Waals surface area contributed by atoms with Gasteiger partial charge in [0.25, 0.3) is 0 Å². The van der Waals surface area contributed by atoms with E-state index in [1.165, 1.54) is 18.2 Å². The largest absolute Gasteiger partial charge is 0.374 e. The van der Waals surface area contributed by atoms with Crippen molar-refractivity contribution in [2.75, 3.05) is 31.5 Å². The van der Waals surface area contributed by atoms with Gasteiger partial charge in [-0.2, -0.15) is 0 Å². The normalized spacial score (nSPS) is 14.1. The highest BCUT2D eigenvalue weighted by Crippen LogP contribution is 2.18. The second-order valence-electron chi connectivity index (χ2n) is 4.84. The molecule has 0 radical (unpaired) electrons. The summed E-state index contributed by atoms with van der Waals surface area (Å²) in [6, 6.07) is 4.15. The lowest BCUT2D eigenvalue weighted by atomic mass is 10.3. The number of rotatable bonds is 5. The molecule has 2 rings (SSSR count). The van der Waals surface area contributed by atoms with Gasteiger partial charge in [0.2, 0.25) is 11.8 Å². The fourth-order valence-electron chi connectivity index (χ4n) is 2.12. The summed E-state index contributed by atoms with van der Waals surface area (Å²) in [6.45, 7) is 1.38. The van der Waals surface area contributed by atoms with Crippen molar-refractivity contribution in [1.82, 2.24) is 10.2 Å². The Morgan fingerprint density at radius 3 is 2.62 bits per heavy atom. The van der Waals surface area contributed by atoms with Crippen molar-refractivity contribution >= 4 is 29.1 Å². The molecule has 0 spiro atoms. The maximum absolute atomic E-state index is 13.5. The SMILES string of the molecule is O=C(CNc1ccc(Cl)cc1F)NCC(=O)N1CCCC1. The quantitative estimate of drug-likeness (QED) is 0.868. The average molecular weight is 314 g/mol. The summed E-state index contributed by atoms with van der Waals surface area (Å²) in [4.78, 5) is 25.1. The smallest absolute Gasteiger partial charge is 0.241 e. The van der Waals surface area contributed by atoms with Crippen molar-refractivity contribution < 1.29 is 14.0 Å². The molecule has 1 fully saturated rings. The zero-order chi connectivity index (χ0) is 15.2. The van der Waals surface area contributed by atoms with Crippen LogP contribution in [0.4, 0.5) is 10.1 Å². The first-order valence-electron chi connectivity index (χ1n) is 6.79. The molecular weight excluding hydrogens is 297 g/mol. The molecule has 0 unspecified atom stereocenters. The van der Waals surface area contributed by atoms with Crippen LogP contribution in [0, 0.1) is 5.82 Å². The van der Waals surface area contributed by atoms with Crippen LogP contribution in [-0.4, -0.2) is 42.9 Å². The monoisotopic (exact) mass is 313 g/mol.